The first-order chi connectivity index (χ1) is 13.2. The number of hydrogen-bond donors (Lipinski definition) is 2. The Morgan fingerprint density at radius 2 is 2.19 bits per heavy atom. The normalized spacial score (nSPS) is 22.2. The van der Waals surface area contributed by atoms with Crippen LogP contribution in [0, 0.1) is 11.8 Å². The van der Waals surface area contributed by atoms with E-state index in [4.69, 9.17) is 4.99 Å². The maximum absolute atomic E-state index is 12.6. The van der Waals surface area contributed by atoms with Gasteiger partial charge < -0.3 is 15.5 Å². The predicted octanol–water partition coefficient (Wildman–Crippen LogP) is 3.27. The van der Waals surface area contributed by atoms with Gasteiger partial charge in [0.05, 0.1) is 0 Å². The number of nitrogens with one attached hydrogen (secondary N) is 2. The minimum Gasteiger partial charge on any atom is -0.357 e. The van der Waals surface area contributed by atoms with Gasteiger partial charge in [-0.25, -0.2) is 0 Å². The smallest absolute Gasteiger partial charge is 0.225 e. The van der Waals surface area contributed by atoms with E-state index in [1.807, 2.05) is 11.3 Å². The van der Waals surface area contributed by atoms with Crippen LogP contribution in [0.1, 0.15) is 50.8 Å². The van der Waals surface area contributed by atoms with Crippen molar-refractivity contribution < 1.29 is 4.79 Å². The van der Waals surface area contributed by atoms with E-state index in [0.29, 0.717) is 17.9 Å². The number of nitrogens with zero attached hydrogens (tertiary/aromatic N) is 2. The van der Waals surface area contributed by atoms with Gasteiger partial charge in [-0.1, -0.05) is 25.8 Å². The molecule has 5 nitrogen and oxygen atoms in total. The third-order valence-electron chi connectivity index (χ3n) is 5.58. The summed E-state index contributed by atoms with van der Waals surface area (Å²) in [6, 6.07) is 4.61. The van der Waals surface area contributed by atoms with Crippen molar-refractivity contribution in [2.45, 2.75) is 58.4 Å². The van der Waals surface area contributed by atoms with Gasteiger partial charge in [0.15, 0.2) is 5.96 Å². The molecule has 2 heterocycles. The van der Waals surface area contributed by atoms with Crippen LogP contribution in [0.5, 0.6) is 0 Å². The zero-order valence-corrected chi connectivity index (χ0v) is 17.6. The minimum atomic E-state index is 0.281. The standard InChI is InChI=1S/C21H34N4OS/c1-3-22-21(23-14-16(2)13-19-9-6-12-27-19)24-18-10-11-25(15-18)20(26)17-7-4-5-8-17/h6,9,12,16-18H,3-5,7-8,10-11,13-15H2,1-2H3,(H2,22,23,24). The Morgan fingerprint density at radius 1 is 1.37 bits per heavy atom. The zero-order chi connectivity index (χ0) is 19.1. The predicted molar refractivity (Wildman–Crippen MR) is 113 cm³/mol. The highest BCUT2D eigenvalue weighted by Crippen LogP contribution is 2.27. The summed E-state index contributed by atoms with van der Waals surface area (Å²) in [5, 5.41) is 9.05. The van der Waals surface area contributed by atoms with Crippen LogP contribution < -0.4 is 10.6 Å². The lowest BCUT2D eigenvalue weighted by Gasteiger charge is -2.21. The van der Waals surface area contributed by atoms with E-state index in [-0.39, 0.29) is 5.92 Å². The largest absolute Gasteiger partial charge is 0.357 e. The molecule has 1 saturated heterocycles. The second kappa shape index (κ2) is 10.1. The van der Waals surface area contributed by atoms with Crippen LogP contribution in [0.15, 0.2) is 22.5 Å². The quantitative estimate of drug-likeness (QED) is 0.555. The Labute approximate surface area is 167 Å². The molecule has 1 aliphatic carbocycles. The van der Waals surface area contributed by atoms with Crippen LogP contribution >= 0.6 is 11.3 Å². The monoisotopic (exact) mass is 390 g/mol. The summed E-state index contributed by atoms with van der Waals surface area (Å²) in [6.07, 6.45) is 6.68. The van der Waals surface area contributed by atoms with Gasteiger partial charge >= 0.3 is 0 Å². The highest BCUT2D eigenvalue weighted by atomic mass is 32.1. The van der Waals surface area contributed by atoms with Gasteiger partial charge in [0.2, 0.25) is 5.91 Å². The Bertz CT molecular complexity index is 610. The molecule has 150 valence electrons. The second-order valence-corrected chi connectivity index (χ2v) is 9.04. The molecule has 1 aromatic heterocycles. The Morgan fingerprint density at radius 3 is 2.89 bits per heavy atom. The molecule has 1 amide bonds. The lowest BCUT2D eigenvalue weighted by Crippen LogP contribution is -2.45. The first kappa shape index (κ1) is 20.2. The summed E-state index contributed by atoms with van der Waals surface area (Å²) in [4.78, 5) is 20.9. The van der Waals surface area contributed by atoms with E-state index < -0.39 is 0 Å². The zero-order valence-electron chi connectivity index (χ0n) is 16.7. The molecule has 2 fully saturated rings. The van der Waals surface area contributed by atoms with Crippen molar-refractivity contribution in [3.8, 4) is 0 Å². The van der Waals surface area contributed by atoms with Crippen LogP contribution in [-0.4, -0.2) is 49.0 Å². The molecule has 0 bridgehead atoms. The molecule has 1 aliphatic heterocycles. The number of guanidine groups is 1. The molecule has 1 saturated carbocycles. The molecule has 0 aromatic carbocycles. The van der Waals surface area contributed by atoms with E-state index in [9.17, 15) is 4.79 Å². The van der Waals surface area contributed by atoms with Gasteiger partial charge in [0.1, 0.15) is 0 Å². The van der Waals surface area contributed by atoms with Crippen molar-refractivity contribution in [2.24, 2.45) is 16.8 Å². The summed E-state index contributed by atoms with van der Waals surface area (Å²) in [6.45, 7) is 7.69. The van der Waals surface area contributed by atoms with Crippen molar-refractivity contribution in [3.63, 3.8) is 0 Å². The van der Waals surface area contributed by atoms with E-state index in [1.165, 1.54) is 17.7 Å². The minimum absolute atomic E-state index is 0.281. The van der Waals surface area contributed by atoms with Gasteiger partial charge in [0, 0.05) is 43.0 Å². The molecule has 2 aliphatic rings. The fourth-order valence-corrected chi connectivity index (χ4v) is 4.98. The Balaban J connectivity index is 1.47. The molecule has 0 spiro atoms. The van der Waals surface area contributed by atoms with Crippen LogP contribution in [0.3, 0.4) is 0 Å². The van der Waals surface area contributed by atoms with E-state index >= 15 is 0 Å². The number of carbonyl (C=O) groups excluding carboxylic acids is 1. The van der Waals surface area contributed by atoms with E-state index in [0.717, 1.165) is 57.8 Å². The fourth-order valence-electron chi connectivity index (χ4n) is 4.11. The third-order valence-corrected chi connectivity index (χ3v) is 6.48. The van der Waals surface area contributed by atoms with Gasteiger partial charge in [-0.05, 0) is 50.0 Å². The number of thiophene rings is 1. The molecular formula is C21H34N4OS. The SMILES string of the molecule is CCNC(=NCC(C)Cc1cccs1)NC1CCN(C(=O)C2CCCC2)C1. The average Bonchev–Trinajstić information content (AvgIpc) is 3.41. The van der Waals surface area contributed by atoms with Crippen LogP contribution in [0.2, 0.25) is 0 Å². The first-order valence-corrected chi connectivity index (χ1v) is 11.4. The number of amides is 1. The maximum Gasteiger partial charge on any atom is 0.225 e. The highest BCUT2D eigenvalue weighted by Gasteiger charge is 2.32. The third kappa shape index (κ3) is 5.96. The molecule has 2 atom stereocenters. The Hall–Kier alpha value is -1.56. The molecule has 2 N–H and O–H groups in total. The summed E-state index contributed by atoms with van der Waals surface area (Å²) in [5.74, 6) is 2.06. The van der Waals surface area contributed by atoms with E-state index in [1.54, 1.807) is 0 Å². The maximum atomic E-state index is 12.6. The molecular weight excluding hydrogens is 356 g/mol. The molecule has 6 heteroatoms. The second-order valence-electron chi connectivity index (χ2n) is 8.00. The lowest BCUT2D eigenvalue weighted by molar-refractivity contribution is -0.134. The summed E-state index contributed by atoms with van der Waals surface area (Å²) < 4.78 is 0. The van der Waals surface area contributed by atoms with Gasteiger partial charge in [-0.2, -0.15) is 0 Å². The van der Waals surface area contributed by atoms with Gasteiger partial charge in [0.25, 0.3) is 0 Å². The average molecular weight is 391 g/mol. The fraction of sp³-hybridized carbons (Fsp3) is 0.714. The number of hydrogen-bond acceptors (Lipinski definition) is 3. The first-order valence-electron chi connectivity index (χ1n) is 10.5. The summed E-state index contributed by atoms with van der Waals surface area (Å²) in [7, 11) is 0. The number of aliphatic imine (C=N–C) groups is 1. The van der Waals surface area contributed by atoms with Crippen LogP contribution in [0.4, 0.5) is 0 Å². The molecule has 1 aromatic rings. The molecule has 2 unspecified atom stereocenters. The van der Waals surface area contributed by atoms with Crippen molar-refractivity contribution in [1.82, 2.24) is 15.5 Å². The number of likely N-dealkylation sites (tertiary alicyclic amines) is 1. The topological polar surface area (TPSA) is 56.7 Å². The number of rotatable bonds is 7. The highest BCUT2D eigenvalue weighted by molar-refractivity contribution is 7.09. The van der Waals surface area contributed by atoms with Crippen molar-refractivity contribution in [3.05, 3.63) is 22.4 Å². The summed E-state index contributed by atoms with van der Waals surface area (Å²) >= 11 is 1.82. The van der Waals surface area contributed by atoms with Gasteiger partial charge in [-0.3, -0.25) is 9.79 Å². The molecule has 3 rings (SSSR count). The lowest BCUT2D eigenvalue weighted by atomic mass is 10.1. The van der Waals surface area contributed by atoms with Crippen molar-refractivity contribution in [1.29, 1.82) is 0 Å². The van der Waals surface area contributed by atoms with Crippen molar-refractivity contribution in [2.75, 3.05) is 26.2 Å². The van der Waals surface area contributed by atoms with Gasteiger partial charge in [-0.15, -0.1) is 11.3 Å². The van der Waals surface area contributed by atoms with Crippen molar-refractivity contribution >= 4 is 23.2 Å². The summed E-state index contributed by atoms with van der Waals surface area (Å²) in [5.41, 5.74) is 0. The number of carbonyl (C=O) groups is 1. The van der Waals surface area contributed by atoms with Crippen LogP contribution in [0.25, 0.3) is 0 Å². The molecule has 27 heavy (non-hydrogen) atoms. The van der Waals surface area contributed by atoms with E-state index in [2.05, 4.69) is 46.9 Å². The Kier molecular flexibility index (Phi) is 7.56. The molecule has 0 radical (unpaired) electrons. The van der Waals surface area contributed by atoms with Crippen LogP contribution in [-0.2, 0) is 11.2 Å².